The Bertz CT molecular complexity index is 892. The maximum atomic E-state index is 12.6. The molecule has 5 nitrogen and oxygen atoms in total. The van der Waals surface area contributed by atoms with Gasteiger partial charge < -0.3 is 9.88 Å². The fourth-order valence-electron chi connectivity index (χ4n) is 3.44. The summed E-state index contributed by atoms with van der Waals surface area (Å²) in [6.45, 7) is 2.03. The molecule has 26 heavy (non-hydrogen) atoms. The van der Waals surface area contributed by atoms with Gasteiger partial charge >= 0.3 is 0 Å². The summed E-state index contributed by atoms with van der Waals surface area (Å²) in [4.78, 5) is 19.0. The van der Waals surface area contributed by atoms with Gasteiger partial charge in [-0.15, -0.1) is 0 Å². The molecule has 1 amide bonds. The molecular formula is C20H19BrN4O. The molecule has 0 saturated heterocycles. The van der Waals surface area contributed by atoms with E-state index in [1.54, 1.807) is 12.3 Å². The number of rotatable bonds is 4. The standard InChI is InChI=1S/C20H19BrN4O/c21-16-8-9-18(22-13-16)23-19(26)14-25-12-11-24-10-4-7-17(24)20(25)15-5-2-1-3-6-15/h1-10,13,20H,11-12,14H2,(H,22,23,26). The van der Waals surface area contributed by atoms with Crippen molar-refractivity contribution < 1.29 is 4.79 Å². The average molecular weight is 411 g/mol. The molecule has 1 atom stereocenters. The Hall–Kier alpha value is -2.44. The molecule has 1 aromatic carbocycles. The van der Waals surface area contributed by atoms with E-state index >= 15 is 0 Å². The van der Waals surface area contributed by atoms with Crippen molar-refractivity contribution in [3.05, 3.63) is 82.7 Å². The van der Waals surface area contributed by atoms with Crippen LogP contribution in [0.2, 0.25) is 0 Å². The minimum Gasteiger partial charge on any atom is -0.348 e. The molecule has 1 unspecified atom stereocenters. The molecule has 1 aliphatic rings. The number of pyridine rings is 1. The van der Waals surface area contributed by atoms with E-state index in [2.05, 4.69) is 66.2 Å². The van der Waals surface area contributed by atoms with E-state index in [0.717, 1.165) is 17.6 Å². The normalized spacial score (nSPS) is 16.9. The summed E-state index contributed by atoms with van der Waals surface area (Å²) in [5.41, 5.74) is 2.42. The summed E-state index contributed by atoms with van der Waals surface area (Å²) in [7, 11) is 0. The number of fused-ring (bicyclic) bond motifs is 1. The van der Waals surface area contributed by atoms with Crippen molar-refractivity contribution >= 4 is 27.7 Å². The van der Waals surface area contributed by atoms with Crippen molar-refractivity contribution in [2.24, 2.45) is 0 Å². The Morgan fingerprint density at radius 3 is 2.73 bits per heavy atom. The first-order valence-electron chi connectivity index (χ1n) is 8.56. The third kappa shape index (κ3) is 3.57. The van der Waals surface area contributed by atoms with Gasteiger partial charge in [0.15, 0.2) is 0 Å². The van der Waals surface area contributed by atoms with Crippen molar-refractivity contribution in [1.29, 1.82) is 0 Å². The van der Waals surface area contributed by atoms with Crippen LogP contribution >= 0.6 is 15.9 Å². The van der Waals surface area contributed by atoms with Crippen molar-refractivity contribution in [2.75, 3.05) is 18.4 Å². The number of hydrogen-bond donors (Lipinski definition) is 1. The smallest absolute Gasteiger partial charge is 0.239 e. The molecule has 1 N–H and O–H groups in total. The number of carbonyl (C=O) groups is 1. The van der Waals surface area contributed by atoms with Crippen LogP contribution in [0.5, 0.6) is 0 Å². The summed E-state index contributed by atoms with van der Waals surface area (Å²) in [5, 5.41) is 2.89. The van der Waals surface area contributed by atoms with Gasteiger partial charge in [0.1, 0.15) is 5.82 Å². The van der Waals surface area contributed by atoms with E-state index in [0.29, 0.717) is 12.4 Å². The van der Waals surface area contributed by atoms with Crippen molar-refractivity contribution in [2.45, 2.75) is 12.6 Å². The second-order valence-electron chi connectivity index (χ2n) is 6.32. The lowest BCUT2D eigenvalue weighted by Gasteiger charge is -2.36. The second kappa shape index (κ2) is 7.43. The predicted octanol–water partition coefficient (Wildman–Crippen LogP) is 3.69. The first-order chi connectivity index (χ1) is 12.7. The molecule has 4 rings (SSSR count). The maximum absolute atomic E-state index is 12.6. The summed E-state index contributed by atoms with van der Waals surface area (Å²) >= 11 is 3.35. The molecule has 0 bridgehead atoms. The summed E-state index contributed by atoms with van der Waals surface area (Å²) < 4.78 is 3.15. The van der Waals surface area contributed by atoms with E-state index in [1.807, 2.05) is 24.3 Å². The number of amides is 1. The van der Waals surface area contributed by atoms with Gasteiger partial charge in [-0.25, -0.2) is 4.98 Å². The van der Waals surface area contributed by atoms with Crippen molar-refractivity contribution in [3.63, 3.8) is 0 Å². The zero-order chi connectivity index (χ0) is 17.9. The van der Waals surface area contributed by atoms with E-state index in [-0.39, 0.29) is 11.9 Å². The number of carbonyl (C=O) groups excluding carboxylic acids is 1. The van der Waals surface area contributed by atoms with Crippen LogP contribution in [-0.4, -0.2) is 33.4 Å². The first-order valence-corrected chi connectivity index (χ1v) is 9.35. The minimum atomic E-state index is -0.0549. The summed E-state index contributed by atoms with van der Waals surface area (Å²) in [6.07, 6.45) is 3.78. The zero-order valence-electron chi connectivity index (χ0n) is 14.2. The fourth-order valence-corrected chi connectivity index (χ4v) is 3.67. The van der Waals surface area contributed by atoms with Crippen LogP contribution in [-0.2, 0) is 11.3 Å². The summed E-state index contributed by atoms with van der Waals surface area (Å²) in [6, 6.07) is 18.3. The Morgan fingerprint density at radius 2 is 1.96 bits per heavy atom. The van der Waals surface area contributed by atoms with E-state index in [1.165, 1.54) is 11.3 Å². The number of nitrogens with one attached hydrogen (secondary N) is 1. The molecule has 0 saturated carbocycles. The van der Waals surface area contributed by atoms with Crippen LogP contribution in [0.25, 0.3) is 0 Å². The molecule has 0 fully saturated rings. The average Bonchev–Trinajstić information content (AvgIpc) is 3.13. The Kier molecular flexibility index (Phi) is 4.86. The molecule has 0 spiro atoms. The molecule has 6 heteroatoms. The third-order valence-electron chi connectivity index (χ3n) is 4.59. The Balaban J connectivity index is 1.54. The van der Waals surface area contributed by atoms with Gasteiger partial charge in [-0.05, 0) is 45.8 Å². The highest BCUT2D eigenvalue weighted by molar-refractivity contribution is 9.10. The first kappa shape index (κ1) is 17.0. The van der Waals surface area contributed by atoms with Crippen LogP contribution < -0.4 is 5.32 Å². The lowest BCUT2D eigenvalue weighted by atomic mass is 10.00. The largest absolute Gasteiger partial charge is 0.348 e. The van der Waals surface area contributed by atoms with Crippen LogP contribution in [0.4, 0.5) is 5.82 Å². The van der Waals surface area contributed by atoms with Gasteiger partial charge in [0.2, 0.25) is 5.91 Å². The third-order valence-corrected chi connectivity index (χ3v) is 5.06. The monoisotopic (exact) mass is 410 g/mol. The number of anilines is 1. The molecule has 3 aromatic rings. The molecule has 3 heterocycles. The number of nitrogens with zero attached hydrogens (tertiary/aromatic N) is 3. The number of hydrogen-bond acceptors (Lipinski definition) is 3. The zero-order valence-corrected chi connectivity index (χ0v) is 15.8. The molecule has 1 aliphatic heterocycles. The Morgan fingerprint density at radius 1 is 1.12 bits per heavy atom. The van der Waals surface area contributed by atoms with Gasteiger partial charge in [-0.1, -0.05) is 30.3 Å². The highest BCUT2D eigenvalue weighted by atomic mass is 79.9. The minimum absolute atomic E-state index is 0.0549. The van der Waals surface area contributed by atoms with Gasteiger partial charge in [0, 0.05) is 35.6 Å². The van der Waals surface area contributed by atoms with Gasteiger partial charge in [-0.3, -0.25) is 9.69 Å². The highest BCUT2D eigenvalue weighted by Gasteiger charge is 2.29. The maximum Gasteiger partial charge on any atom is 0.239 e. The highest BCUT2D eigenvalue weighted by Crippen LogP contribution is 2.32. The van der Waals surface area contributed by atoms with E-state index in [4.69, 9.17) is 0 Å². The molecule has 2 aromatic heterocycles. The van der Waals surface area contributed by atoms with Gasteiger partial charge in [0.25, 0.3) is 0 Å². The van der Waals surface area contributed by atoms with Gasteiger partial charge in [-0.2, -0.15) is 0 Å². The lowest BCUT2D eigenvalue weighted by molar-refractivity contribution is -0.118. The Labute approximate surface area is 160 Å². The SMILES string of the molecule is O=C(CN1CCn2cccc2C1c1ccccc1)Nc1ccc(Br)cn1. The van der Waals surface area contributed by atoms with E-state index < -0.39 is 0 Å². The quantitative estimate of drug-likeness (QED) is 0.713. The fraction of sp³-hybridized carbons (Fsp3) is 0.200. The second-order valence-corrected chi connectivity index (χ2v) is 7.24. The van der Waals surface area contributed by atoms with E-state index in [9.17, 15) is 4.79 Å². The predicted molar refractivity (Wildman–Crippen MR) is 105 cm³/mol. The molecule has 0 radical (unpaired) electrons. The number of benzene rings is 1. The number of halogens is 1. The summed E-state index contributed by atoms with van der Waals surface area (Å²) in [5.74, 6) is 0.510. The van der Waals surface area contributed by atoms with Crippen molar-refractivity contribution in [1.82, 2.24) is 14.5 Å². The topological polar surface area (TPSA) is 50.2 Å². The van der Waals surface area contributed by atoms with Crippen LogP contribution in [0.15, 0.2) is 71.5 Å². The van der Waals surface area contributed by atoms with Crippen molar-refractivity contribution in [3.8, 4) is 0 Å². The molecule has 132 valence electrons. The van der Waals surface area contributed by atoms with Gasteiger partial charge in [0.05, 0.1) is 12.6 Å². The molecular weight excluding hydrogens is 392 g/mol. The van der Waals surface area contributed by atoms with Crippen LogP contribution in [0.1, 0.15) is 17.3 Å². The van der Waals surface area contributed by atoms with Crippen LogP contribution in [0, 0.1) is 0 Å². The lowest BCUT2D eigenvalue weighted by Crippen LogP contribution is -2.42. The number of aromatic nitrogens is 2. The van der Waals surface area contributed by atoms with Crippen LogP contribution in [0.3, 0.4) is 0 Å². The molecule has 0 aliphatic carbocycles.